The van der Waals surface area contributed by atoms with Crippen molar-refractivity contribution < 1.29 is 14.3 Å². The molecular weight excluding hydrogens is 231 g/mol. The summed E-state index contributed by atoms with van der Waals surface area (Å²) in [5.74, 6) is -1.16. The standard InChI is InChI=1S/C15H13FO2/c1-10-7-12(5-6-14(10)16)8-11-3-2-4-13(9-11)15(17)18/h2-7,9H,8H2,1H3,(H,17,18). The van der Waals surface area contributed by atoms with E-state index in [-0.39, 0.29) is 11.4 Å². The van der Waals surface area contributed by atoms with E-state index in [1.54, 1.807) is 37.3 Å². The van der Waals surface area contributed by atoms with Gasteiger partial charge in [-0.3, -0.25) is 0 Å². The van der Waals surface area contributed by atoms with Crippen LogP contribution in [-0.2, 0) is 6.42 Å². The van der Waals surface area contributed by atoms with Gasteiger partial charge in [-0.2, -0.15) is 0 Å². The molecule has 0 spiro atoms. The molecule has 0 fully saturated rings. The first kappa shape index (κ1) is 12.3. The molecule has 2 rings (SSSR count). The Hall–Kier alpha value is -2.16. The fourth-order valence-electron chi connectivity index (χ4n) is 1.87. The summed E-state index contributed by atoms with van der Waals surface area (Å²) in [6, 6.07) is 11.7. The lowest BCUT2D eigenvalue weighted by molar-refractivity contribution is 0.0697. The van der Waals surface area contributed by atoms with Crippen molar-refractivity contribution >= 4 is 5.97 Å². The second-order valence-corrected chi connectivity index (χ2v) is 4.27. The van der Waals surface area contributed by atoms with E-state index in [0.717, 1.165) is 11.1 Å². The van der Waals surface area contributed by atoms with Gasteiger partial charge in [0.15, 0.2) is 0 Å². The zero-order valence-electron chi connectivity index (χ0n) is 9.98. The van der Waals surface area contributed by atoms with Crippen LogP contribution in [0.5, 0.6) is 0 Å². The number of carboxylic acid groups (broad SMARTS) is 1. The third-order valence-electron chi connectivity index (χ3n) is 2.80. The average Bonchev–Trinajstić information content (AvgIpc) is 2.34. The van der Waals surface area contributed by atoms with Crippen LogP contribution in [0.1, 0.15) is 27.0 Å². The van der Waals surface area contributed by atoms with Gasteiger partial charge in [0.2, 0.25) is 0 Å². The minimum absolute atomic E-state index is 0.224. The summed E-state index contributed by atoms with van der Waals surface area (Å²) >= 11 is 0. The molecule has 0 bridgehead atoms. The number of carboxylic acids is 1. The van der Waals surface area contributed by atoms with E-state index in [0.29, 0.717) is 12.0 Å². The van der Waals surface area contributed by atoms with Gasteiger partial charge in [0.1, 0.15) is 5.82 Å². The Bertz CT molecular complexity index is 591. The molecule has 2 nitrogen and oxygen atoms in total. The number of benzene rings is 2. The molecule has 3 heteroatoms. The van der Waals surface area contributed by atoms with Crippen LogP contribution in [0.3, 0.4) is 0 Å². The predicted octanol–water partition coefficient (Wildman–Crippen LogP) is 3.42. The molecule has 0 aliphatic carbocycles. The van der Waals surface area contributed by atoms with Crippen LogP contribution in [0.15, 0.2) is 42.5 Å². The van der Waals surface area contributed by atoms with E-state index < -0.39 is 5.97 Å². The smallest absolute Gasteiger partial charge is 0.335 e. The zero-order chi connectivity index (χ0) is 13.1. The maximum Gasteiger partial charge on any atom is 0.335 e. The van der Waals surface area contributed by atoms with Crippen LogP contribution in [0, 0.1) is 12.7 Å². The molecule has 0 aliphatic rings. The van der Waals surface area contributed by atoms with E-state index in [4.69, 9.17) is 5.11 Å². The summed E-state index contributed by atoms with van der Waals surface area (Å²) in [5, 5.41) is 8.91. The Morgan fingerprint density at radius 2 is 1.89 bits per heavy atom. The molecule has 0 unspecified atom stereocenters. The largest absolute Gasteiger partial charge is 0.478 e. The summed E-state index contributed by atoms with van der Waals surface area (Å²) in [6.45, 7) is 1.71. The monoisotopic (exact) mass is 244 g/mol. The van der Waals surface area contributed by atoms with Crippen molar-refractivity contribution in [2.24, 2.45) is 0 Å². The van der Waals surface area contributed by atoms with Crippen LogP contribution in [-0.4, -0.2) is 11.1 Å². The highest BCUT2D eigenvalue weighted by molar-refractivity contribution is 5.87. The third kappa shape index (κ3) is 2.74. The number of carbonyl (C=O) groups is 1. The maximum atomic E-state index is 13.1. The van der Waals surface area contributed by atoms with E-state index >= 15 is 0 Å². The van der Waals surface area contributed by atoms with Crippen molar-refractivity contribution in [3.63, 3.8) is 0 Å². The Kier molecular flexibility index (Phi) is 3.42. The van der Waals surface area contributed by atoms with Crippen molar-refractivity contribution in [3.8, 4) is 0 Å². The van der Waals surface area contributed by atoms with Crippen LogP contribution in [0.25, 0.3) is 0 Å². The summed E-state index contributed by atoms with van der Waals surface area (Å²) in [4.78, 5) is 10.9. The fraction of sp³-hybridized carbons (Fsp3) is 0.133. The van der Waals surface area contributed by atoms with Crippen LogP contribution < -0.4 is 0 Å². The van der Waals surface area contributed by atoms with Crippen molar-refractivity contribution in [3.05, 3.63) is 70.5 Å². The highest BCUT2D eigenvalue weighted by atomic mass is 19.1. The highest BCUT2D eigenvalue weighted by Crippen LogP contribution is 2.15. The number of halogens is 1. The lowest BCUT2D eigenvalue weighted by atomic mass is 10.0. The number of rotatable bonds is 3. The van der Waals surface area contributed by atoms with Crippen LogP contribution in [0.4, 0.5) is 4.39 Å². The molecule has 0 amide bonds. The molecule has 0 saturated carbocycles. The van der Waals surface area contributed by atoms with E-state index in [1.807, 2.05) is 6.07 Å². The third-order valence-corrected chi connectivity index (χ3v) is 2.80. The molecule has 0 aromatic heterocycles. The lowest BCUT2D eigenvalue weighted by Crippen LogP contribution is -1.98. The van der Waals surface area contributed by atoms with E-state index in [2.05, 4.69) is 0 Å². The number of aryl methyl sites for hydroxylation is 1. The summed E-state index contributed by atoms with van der Waals surface area (Å²) in [6.07, 6.45) is 0.599. The first-order valence-electron chi connectivity index (χ1n) is 5.63. The minimum Gasteiger partial charge on any atom is -0.478 e. The van der Waals surface area contributed by atoms with Gasteiger partial charge < -0.3 is 5.11 Å². The first-order valence-corrected chi connectivity index (χ1v) is 5.63. The highest BCUT2D eigenvalue weighted by Gasteiger charge is 2.05. The molecule has 92 valence electrons. The topological polar surface area (TPSA) is 37.3 Å². The Morgan fingerprint density at radius 3 is 2.56 bits per heavy atom. The Balaban J connectivity index is 2.25. The van der Waals surface area contributed by atoms with Gasteiger partial charge in [0.05, 0.1) is 5.56 Å². The lowest BCUT2D eigenvalue weighted by Gasteiger charge is -2.05. The van der Waals surface area contributed by atoms with Gasteiger partial charge in [0, 0.05) is 0 Å². The van der Waals surface area contributed by atoms with Crippen molar-refractivity contribution in [2.45, 2.75) is 13.3 Å². The molecule has 1 N–H and O–H groups in total. The maximum absolute atomic E-state index is 13.1. The zero-order valence-corrected chi connectivity index (χ0v) is 9.98. The quantitative estimate of drug-likeness (QED) is 0.898. The molecule has 2 aromatic carbocycles. The van der Waals surface area contributed by atoms with Gasteiger partial charge in [0.25, 0.3) is 0 Å². The second-order valence-electron chi connectivity index (χ2n) is 4.27. The predicted molar refractivity (Wildman–Crippen MR) is 67.3 cm³/mol. The van der Waals surface area contributed by atoms with E-state index in [1.165, 1.54) is 6.07 Å². The number of hydrogen-bond acceptors (Lipinski definition) is 1. The van der Waals surface area contributed by atoms with Gasteiger partial charge in [-0.25, -0.2) is 9.18 Å². The molecule has 0 heterocycles. The molecule has 18 heavy (non-hydrogen) atoms. The molecule has 0 radical (unpaired) electrons. The SMILES string of the molecule is Cc1cc(Cc2cccc(C(=O)O)c2)ccc1F. The first-order chi connectivity index (χ1) is 8.56. The van der Waals surface area contributed by atoms with Gasteiger partial charge >= 0.3 is 5.97 Å². The van der Waals surface area contributed by atoms with Crippen molar-refractivity contribution in [1.29, 1.82) is 0 Å². The molecule has 0 atom stereocenters. The van der Waals surface area contributed by atoms with Crippen molar-refractivity contribution in [2.75, 3.05) is 0 Å². The second kappa shape index (κ2) is 5.00. The normalized spacial score (nSPS) is 10.3. The molecule has 2 aromatic rings. The number of aromatic carboxylic acids is 1. The average molecular weight is 244 g/mol. The molecule has 0 aliphatic heterocycles. The van der Waals surface area contributed by atoms with Crippen LogP contribution in [0.2, 0.25) is 0 Å². The Morgan fingerprint density at radius 1 is 1.17 bits per heavy atom. The Labute approximate surface area is 105 Å². The summed E-state index contributed by atoms with van der Waals surface area (Å²) in [7, 11) is 0. The molecular formula is C15H13FO2. The summed E-state index contributed by atoms with van der Waals surface area (Å²) in [5.41, 5.74) is 2.74. The van der Waals surface area contributed by atoms with Crippen LogP contribution >= 0.6 is 0 Å². The fourth-order valence-corrected chi connectivity index (χ4v) is 1.87. The number of hydrogen-bond donors (Lipinski definition) is 1. The van der Waals surface area contributed by atoms with Gasteiger partial charge in [-0.05, 0) is 48.2 Å². The minimum atomic E-state index is -0.938. The van der Waals surface area contributed by atoms with Gasteiger partial charge in [-0.15, -0.1) is 0 Å². The van der Waals surface area contributed by atoms with Gasteiger partial charge in [-0.1, -0.05) is 24.3 Å². The molecule has 0 saturated heterocycles. The summed E-state index contributed by atoms with van der Waals surface area (Å²) < 4.78 is 13.1. The van der Waals surface area contributed by atoms with Crippen molar-refractivity contribution in [1.82, 2.24) is 0 Å². The van der Waals surface area contributed by atoms with E-state index in [9.17, 15) is 9.18 Å².